The lowest BCUT2D eigenvalue weighted by molar-refractivity contribution is 0.0938. The van der Waals surface area contributed by atoms with Crippen molar-refractivity contribution in [1.82, 2.24) is 5.32 Å². The van der Waals surface area contributed by atoms with Crippen LogP contribution in [0.25, 0.3) is 0 Å². The van der Waals surface area contributed by atoms with Crippen LogP contribution in [0.5, 0.6) is 28.7 Å². The van der Waals surface area contributed by atoms with Crippen LogP contribution in [0.15, 0.2) is 30.3 Å². The smallest absolute Gasteiger partial charge is 0.252 e. The summed E-state index contributed by atoms with van der Waals surface area (Å²) in [5.74, 6) is 2.50. The molecular formula is C20H23NO6. The van der Waals surface area contributed by atoms with E-state index in [1.54, 1.807) is 26.4 Å². The summed E-state index contributed by atoms with van der Waals surface area (Å²) in [6.07, 6.45) is 0. The molecule has 1 N–H and O–H groups in total. The lowest BCUT2D eigenvalue weighted by Crippen LogP contribution is -2.27. The molecule has 7 nitrogen and oxygen atoms in total. The van der Waals surface area contributed by atoms with Crippen LogP contribution in [0, 0.1) is 0 Å². The average Bonchev–Trinajstić information content (AvgIpc) is 2.72. The number of benzene rings is 2. The number of hydrogen-bond donors (Lipinski definition) is 1. The maximum atomic E-state index is 12.7. The van der Waals surface area contributed by atoms with Gasteiger partial charge in [-0.15, -0.1) is 0 Å². The predicted molar refractivity (Wildman–Crippen MR) is 99.4 cm³/mol. The fourth-order valence-electron chi connectivity index (χ4n) is 2.89. The van der Waals surface area contributed by atoms with E-state index in [2.05, 4.69) is 5.32 Å². The van der Waals surface area contributed by atoms with Crippen LogP contribution in [-0.2, 0) is 0 Å². The molecule has 1 aliphatic heterocycles. The molecule has 2 aromatic carbocycles. The molecule has 0 saturated carbocycles. The summed E-state index contributed by atoms with van der Waals surface area (Å²) in [6.45, 7) is 2.78. The van der Waals surface area contributed by atoms with Crippen LogP contribution in [0.3, 0.4) is 0 Å². The molecule has 0 spiro atoms. The van der Waals surface area contributed by atoms with Gasteiger partial charge in [-0.2, -0.15) is 0 Å². The molecule has 0 radical (unpaired) electrons. The number of rotatable bonds is 6. The minimum absolute atomic E-state index is 0.239. The van der Waals surface area contributed by atoms with E-state index in [9.17, 15) is 4.79 Å². The summed E-state index contributed by atoms with van der Waals surface area (Å²) in [5.41, 5.74) is 1.33. The van der Waals surface area contributed by atoms with Gasteiger partial charge in [0.05, 0.1) is 27.4 Å². The number of methoxy groups -OCH3 is 3. The SMILES string of the molecule is COc1ccc([C@@H](C)NC(=O)c2cc(OC)c3c(c2)OCCO3)cc1OC. The minimum Gasteiger partial charge on any atom is -0.493 e. The fourth-order valence-corrected chi connectivity index (χ4v) is 2.89. The van der Waals surface area contributed by atoms with Gasteiger partial charge in [-0.1, -0.05) is 6.07 Å². The third kappa shape index (κ3) is 3.86. The van der Waals surface area contributed by atoms with Crippen molar-refractivity contribution < 1.29 is 28.5 Å². The molecule has 0 bridgehead atoms. The number of ether oxygens (including phenoxy) is 5. The van der Waals surface area contributed by atoms with Crippen molar-refractivity contribution in [2.75, 3.05) is 34.5 Å². The zero-order chi connectivity index (χ0) is 19.4. The first-order valence-corrected chi connectivity index (χ1v) is 8.57. The number of fused-ring (bicyclic) bond motifs is 1. The number of nitrogens with one attached hydrogen (secondary N) is 1. The first kappa shape index (κ1) is 18.7. The van der Waals surface area contributed by atoms with Crippen molar-refractivity contribution in [3.05, 3.63) is 41.5 Å². The normalized spacial score (nSPS) is 13.5. The van der Waals surface area contributed by atoms with Crippen molar-refractivity contribution in [2.24, 2.45) is 0 Å². The Balaban J connectivity index is 1.81. The number of hydrogen-bond acceptors (Lipinski definition) is 6. The van der Waals surface area contributed by atoms with Gasteiger partial charge in [0, 0.05) is 5.56 Å². The molecule has 144 valence electrons. The van der Waals surface area contributed by atoms with Gasteiger partial charge < -0.3 is 29.0 Å². The highest BCUT2D eigenvalue weighted by Crippen LogP contribution is 2.40. The first-order chi connectivity index (χ1) is 13.1. The van der Waals surface area contributed by atoms with Crippen molar-refractivity contribution >= 4 is 5.91 Å². The lowest BCUT2D eigenvalue weighted by Gasteiger charge is -2.22. The first-order valence-electron chi connectivity index (χ1n) is 8.57. The Morgan fingerprint density at radius 2 is 1.67 bits per heavy atom. The molecule has 0 unspecified atom stereocenters. The maximum Gasteiger partial charge on any atom is 0.252 e. The van der Waals surface area contributed by atoms with E-state index in [1.165, 1.54) is 7.11 Å². The molecule has 1 atom stereocenters. The maximum absolute atomic E-state index is 12.7. The molecule has 0 fully saturated rings. The van der Waals surface area contributed by atoms with Gasteiger partial charge >= 0.3 is 0 Å². The van der Waals surface area contributed by atoms with Crippen LogP contribution < -0.4 is 29.0 Å². The number of amides is 1. The second kappa shape index (κ2) is 8.07. The van der Waals surface area contributed by atoms with Gasteiger partial charge in [-0.3, -0.25) is 4.79 Å². The van der Waals surface area contributed by atoms with Crippen LogP contribution in [0.1, 0.15) is 28.9 Å². The Morgan fingerprint density at radius 1 is 0.963 bits per heavy atom. The van der Waals surface area contributed by atoms with Crippen molar-refractivity contribution in [1.29, 1.82) is 0 Å². The molecular weight excluding hydrogens is 350 g/mol. The van der Waals surface area contributed by atoms with Crippen molar-refractivity contribution in [3.8, 4) is 28.7 Å². The van der Waals surface area contributed by atoms with E-state index in [4.69, 9.17) is 23.7 Å². The Morgan fingerprint density at radius 3 is 2.37 bits per heavy atom. The molecule has 27 heavy (non-hydrogen) atoms. The Bertz CT molecular complexity index is 818. The molecule has 3 rings (SSSR count). The molecule has 0 aliphatic carbocycles. The van der Waals surface area contributed by atoms with E-state index >= 15 is 0 Å². The number of carbonyl (C=O) groups is 1. The van der Waals surface area contributed by atoms with Gasteiger partial charge in [0.2, 0.25) is 5.75 Å². The van der Waals surface area contributed by atoms with Crippen molar-refractivity contribution in [3.63, 3.8) is 0 Å². The second-order valence-corrected chi connectivity index (χ2v) is 6.01. The third-order valence-electron chi connectivity index (χ3n) is 4.35. The Kier molecular flexibility index (Phi) is 5.59. The zero-order valence-corrected chi connectivity index (χ0v) is 15.8. The third-order valence-corrected chi connectivity index (χ3v) is 4.35. The van der Waals surface area contributed by atoms with Crippen LogP contribution in [0.2, 0.25) is 0 Å². The second-order valence-electron chi connectivity index (χ2n) is 6.01. The predicted octanol–water partition coefficient (Wildman–Crippen LogP) is 2.97. The van der Waals surface area contributed by atoms with Gasteiger partial charge in [0.25, 0.3) is 5.91 Å². The molecule has 1 aliphatic rings. The minimum atomic E-state index is -0.243. The highest BCUT2D eigenvalue weighted by atomic mass is 16.6. The van der Waals surface area contributed by atoms with Crippen LogP contribution in [0.4, 0.5) is 0 Å². The van der Waals surface area contributed by atoms with Gasteiger partial charge in [0.15, 0.2) is 23.0 Å². The Labute approximate surface area is 158 Å². The summed E-state index contributed by atoms with van der Waals surface area (Å²) in [4.78, 5) is 12.7. The molecule has 1 amide bonds. The zero-order valence-electron chi connectivity index (χ0n) is 15.8. The summed E-state index contributed by atoms with van der Waals surface area (Å²) in [5, 5.41) is 2.97. The van der Waals surface area contributed by atoms with E-state index in [-0.39, 0.29) is 11.9 Å². The average molecular weight is 373 g/mol. The van der Waals surface area contributed by atoms with Gasteiger partial charge in [0.1, 0.15) is 13.2 Å². The molecule has 0 saturated heterocycles. The standard InChI is InChI=1S/C20H23NO6/c1-12(13-5-6-15(23-2)16(9-13)24-3)21-20(22)14-10-17(25-4)19-18(11-14)26-7-8-27-19/h5-6,9-12H,7-8H2,1-4H3,(H,21,22)/t12-/m1/s1. The summed E-state index contributed by atoms with van der Waals surface area (Å²) >= 11 is 0. The van der Waals surface area contributed by atoms with E-state index in [0.717, 1.165) is 5.56 Å². The van der Waals surface area contributed by atoms with E-state index in [0.29, 0.717) is 47.5 Å². The van der Waals surface area contributed by atoms with Crippen LogP contribution in [-0.4, -0.2) is 40.5 Å². The highest BCUT2D eigenvalue weighted by Gasteiger charge is 2.22. The lowest BCUT2D eigenvalue weighted by atomic mass is 10.1. The summed E-state index contributed by atoms with van der Waals surface area (Å²) < 4.78 is 27.1. The number of carbonyl (C=O) groups excluding carboxylic acids is 1. The van der Waals surface area contributed by atoms with E-state index in [1.807, 2.05) is 25.1 Å². The molecule has 2 aromatic rings. The largest absolute Gasteiger partial charge is 0.493 e. The summed E-state index contributed by atoms with van der Waals surface area (Å²) in [7, 11) is 4.69. The quantitative estimate of drug-likeness (QED) is 0.839. The highest BCUT2D eigenvalue weighted by molar-refractivity contribution is 5.96. The fraction of sp³-hybridized carbons (Fsp3) is 0.350. The van der Waals surface area contributed by atoms with Crippen molar-refractivity contribution in [2.45, 2.75) is 13.0 Å². The topological polar surface area (TPSA) is 75.3 Å². The Hall–Kier alpha value is -3.09. The van der Waals surface area contributed by atoms with Gasteiger partial charge in [-0.25, -0.2) is 0 Å². The summed E-state index contributed by atoms with van der Waals surface area (Å²) in [6, 6.07) is 8.60. The molecule has 1 heterocycles. The van der Waals surface area contributed by atoms with Gasteiger partial charge in [-0.05, 0) is 36.8 Å². The van der Waals surface area contributed by atoms with Crippen LogP contribution >= 0.6 is 0 Å². The molecule has 0 aromatic heterocycles. The monoisotopic (exact) mass is 373 g/mol. The molecule has 7 heteroatoms. The van der Waals surface area contributed by atoms with E-state index < -0.39 is 0 Å².